The van der Waals surface area contributed by atoms with Crippen LogP contribution in [0.25, 0.3) is 0 Å². The number of hydrogen-bond donors (Lipinski definition) is 1. The van der Waals surface area contributed by atoms with Gasteiger partial charge in [0, 0.05) is 51.5 Å². The van der Waals surface area contributed by atoms with E-state index in [1.165, 1.54) is 0 Å². The summed E-state index contributed by atoms with van der Waals surface area (Å²) in [5, 5.41) is 4.29. The number of ether oxygens (including phenoxy) is 1. The Morgan fingerprint density at radius 3 is 2.34 bits per heavy atom. The van der Waals surface area contributed by atoms with Crippen LogP contribution in [-0.4, -0.2) is 79.3 Å². The highest BCUT2D eigenvalue weighted by Crippen LogP contribution is 2.27. The predicted molar refractivity (Wildman–Crippen MR) is 115 cm³/mol. The van der Waals surface area contributed by atoms with Gasteiger partial charge in [0.1, 0.15) is 11.6 Å². The second-order valence-corrected chi connectivity index (χ2v) is 9.16. The molecule has 1 aromatic rings. The van der Waals surface area contributed by atoms with Gasteiger partial charge in [-0.3, -0.25) is 4.79 Å². The van der Waals surface area contributed by atoms with Gasteiger partial charge in [0.2, 0.25) is 5.91 Å². The fraction of sp³-hybridized carbons (Fsp3) is 0.600. The van der Waals surface area contributed by atoms with Gasteiger partial charge in [0.15, 0.2) is 0 Å². The molecule has 0 saturated carbocycles. The van der Waals surface area contributed by atoms with Crippen molar-refractivity contribution < 1.29 is 14.3 Å². The van der Waals surface area contributed by atoms with Crippen molar-refractivity contribution in [2.24, 2.45) is 0 Å². The molecule has 2 aliphatic heterocycles. The average molecular weight is 443 g/mol. The van der Waals surface area contributed by atoms with Gasteiger partial charge >= 0.3 is 6.09 Å². The van der Waals surface area contributed by atoms with Crippen molar-refractivity contribution in [3.05, 3.63) is 28.2 Å². The van der Waals surface area contributed by atoms with Crippen LogP contribution >= 0.6 is 23.2 Å². The van der Waals surface area contributed by atoms with E-state index in [0.717, 1.165) is 5.69 Å². The normalized spacial score (nSPS) is 20.6. The van der Waals surface area contributed by atoms with Gasteiger partial charge in [-0.05, 0) is 39.0 Å². The minimum absolute atomic E-state index is 0.0204. The largest absolute Gasteiger partial charge is 0.444 e. The molecule has 1 atom stereocenters. The van der Waals surface area contributed by atoms with E-state index in [-0.39, 0.29) is 12.0 Å². The van der Waals surface area contributed by atoms with Gasteiger partial charge in [-0.25, -0.2) is 4.79 Å². The van der Waals surface area contributed by atoms with Crippen LogP contribution < -0.4 is 10.2 Å². The molecule has 2 amide bonds. The van der Waals surface area contributed by atoms with Crippen LogP contribution in [0.2, 0.25) is 10.0 Å². The van der Waals surface area contributed by atoms with E-state index in [9.17, 15) is 9.59 Å². The van der Waals surface area contributed by atoms with Crippen LogP contribution in [0.5, 0.6) is 0 Å². The highest BCUT2D eigenvalue weighted by molar-refractivity contribution is 6.42. The zero-order valence-electron chi connectivity index (χ0n) is 17.1. The van der Waals surface area contributed by atoms with Gasteiger partial charge in [0.05, 0.1) is 10.0 Å². The SMILES string of the molecule is CC(C)(C)OC(=O)N1CCN[C@@H](C(=O)N2CCN(c3ccc(Cl)c(Cl)c3)CC2)C1. The molecule has 0 radical (unpaired) electrons. The van der Waals surface area contributed by atoms with E-state index in [1.54, 1.807) is 11.0 Å². The molecule has 0 unspecified atom stereocenters. The molecule has 0 bridgehead atoms. The number of hydrogen-bond acceptors (Lipinski definition) is 5. The van der Waals surface area contributed by atoms with Crippen LogP contribution in [0.15, 0.2) is 18.2 Å². The molecule has 1 N–H and O–H groups in total. The Kier molecular flexibility index (Phi) is 6.81. The highest BCUT2D eigenvalue weighted by Gasteiger charge is 2.34. The van der Waals surface area contributed by atoms with Crippen LogP contribution in [0, 0.1) is 0 Å². The first-order chi connectivity index (χ1) is 13.6. The lowest BCUT2D eigenvalue weighted by Gasteiger charge is -2.40. The van der Waals surface area contributed by atoms with Crippen LogP contribution in [0.3, 0.4) is 0 Å². The van der Waals surface area contributed by atoms with Crippen molar-refractivity contribution >= 4 is 40.9 Å². The fourth-order valence-corrected chi connectivity index (χ4v) is 3.79. The van der Waals surface area contributed by atoms with Crippen molar-refractivity contribution in [2.75, 3.05) is 50.7 Å². The smallest absolute Gasteiger partial charge is 0.410 e. The second-order valence-electron chi connectivity index (χ2n) is 8.34. The summed E-state index contributed by atoms with van der Waals surface area (Å²) in [6.45, 7) is 9.59. The van der Waals surface area contributed by atoms with E-state index >= 15 is 0 Å². The number of anilines is 1. The Bertz CT molecular complexity index is 761. The summed E-state index contributed by atoms with van der Waals surface area (Å²) in [4.78, 5) is 31.0. The maximum absolute atomic E-state index is 13.0. The first kappa shape index (κ1) is 22.0. The van der Waals surface area contributed by atoms with Gasteiger partial charge < -0.3 is 24.8 Å². The number of carbonyl (C=O) groups is 2. The third-order valence-electron chi connectivity index (χ3n) is 4.98. The molecule has 160 valence electrons. The quantitative estimate of drug-likeness (QED) is 0.762. The summed E-state index contributed by atoms with van der Waals surface area (Å²) in [5.41, 5.74) is 0.445. The van der Waals surface area contributed by atoms with E-state index in [2.05, 4.69) is 10.2 Å². The fourth-order valence-electron chi connectivity index (χ4n) is 3.49. The average Bonchev–Trinajstić information content (AvgIpc) is 2.68. The Morgan fingerprint density at radius 1 is 1.03 bits per heavy atom. The number of amides is 2. The number of piperazine rings is 2. The zero-order valence-corrected chi connectivity index (χ0v) is 18.6. The molecule has 1 aromatic carbocycles. The molecule has 2 saturated heterocycles. The lowest BCUT2D eigenvalue weighted by molar-refractivity contribution is -0.134. The summed E-state index contributed by atoms with van der Waals surface area (Å²) in [7, 11) is 0. The van der Waals surface area contributed by atoms with E-state index in [1.807, 2.05) is 37.8 Å². The molecule has 0 spiro atoms. The van der Waals surface area contributed by atoms with E-state index in [4.69, 9.17) is 27.9 Å². The standard InChI is InChI=1S/C20H28Cl2N4O3/c1-20(2,3)29-19(28)26-7-6-23-17(13-26)18(27)25-10-8-24(9-11-25)14-4-5-15(21)16(22)12-14/h4-5,12,17,23H,6-11,13H2,1-3H3/t17-/m1/s1. The monoisotopic (exact) mass is 442 g/mol. The summed E-state index contributed by atoms with van der Waals surface area (Å²) in [5.74, 6) is 0.0204. The Labute approximate surface area is 181 Å². The first-order valence-corrected chi connectivity index (χ1v) is 10.6. The Hall–Kier alpha value is -1.70. The first-order valence-electron chi connectivity index (χ1n) is 9.84. The van der Waals surface area contributed by atoms with Crippen LogP contribution in [0.4, 0.5) is 10.5 Å². The second kappa shape index (κ2) is 8.98. The lowest BCUT2D eigenvalue weighted by atomic mass is 10.1. The van der Waals surface area contributed by atoms with Crippen molar-refractivity contribution in [1.82, 2.24) is 15.1 Å². The number of benzene rings is 1. The highest BCUT2D eigenvalue weighted by atomic mass is 35.5. The third kappa shape index (κ3) is 5.68. The minimum Gasteiger partial charge on any atom is -0.444 e. The van der Waals surface area contributed by atoms with Crippen molar-refractivity contribution in [3.8, 4) is 0 Å². The van der Waals surface area contributed by atoms with Crippen molar-refractivity contribution in [1.29, 1.82) is 0 Å². The molecule has 2 aliphatic rings. The third-order valence-corrected chi connectivity index (χ3v) is 5.72. The number of nitrogens with one attached hydrogen (secondary N) is 1. The maximum atomic E-state index is 13.0. The topological polar surface area (TPSA) is 65.1 Å². The minimum atomic E-state index is -0.553. The summed E-state index contributed by atoms with van der Waals surface area (Å²) in [6.07, 6.45) is -0.374. The van der Waals surface area contributed by atoms with Crippen molar-refractivity contribution in [2.45, 2.75) is 32.4 Å². The zero-order chi connectivity index (χ0) is 21.2. The molecule has 3 rings (SSSR count). The van der Waals surface area contributed by atoms with Gasteiger partial charge in [0.25, 0.3) is 0 Å². The Balaban J connectivity index is 1.54. The van der Waals surface area contributed by atoms with Gasteiger partial charge in [-0.2, -0.15) is 0 Å². The van der Waals surface area contributed by atoms with E-state index in [0.29, 0.717) is 55.9 Å². The number of nitrogens with zero attached hydrogens (tertiary/aromatic N) is 3. The van der Waals surface area contributed by atoms with E-state index < -0.39 is 11.6 Å². The maximum Gasteiger partial charge on any atom is 0.410 e. The van der Waals surface area contributed by atoms with Crippen molar-refractivity contribution in [3.63, 3.8) is 0 Å². The molecule has 7 nitrogen and oxygen atoms in total. The van der Waals surface area contributed by atoms with Crippen LogP contribution in [0.1, 0.15) is 20.8 Å². The molecule has 0 aromatic heterocycles. The summed E-state index contributed by atoms with van der Waals surface area (Å²) < 4.78 is 5.44. The Morgan fingerprint density at radius 2 is 1.72 bits per heavy atom. The van der Waals surface area contributed by atoms with Gasteiger partial charge in [-0.15, -0.1) is 0 Å². The number of halogens is 2. The predicted octanol–water partition coefficient (Wildman–Crippen LogP) is 2.85. The molecule has 0 aliphatic carbocycles. The van der Waals surface area contributed by atoms with Gasteiger partial charge in [-0.1, -0.05) is 23.2 Å². The number of carbonyl (C=O) groups excluding carboxylic acids is 2. The summed E-state index contributed by atoms with van der Waals surface area (Å²) in [6, 6.07) is 5.16. The number of rotatable bonds is 2. The lowest BCUT2D eigenvalue weighted by Crippen LogP contribution is -2.61. The summed E-state index contributed by atoms with van der Waals surface area (Å²) >= 11 is 12.1. The molecule has 9 heteroatoms. The molecule has 2 fully saturated rings. The molecular weight excluding hydrogens is 415 g/mol. The molecular formula is C20H28Cl2N4O3. The van der Waals surface area contributed by atoms with Crippen LogP contribution in [-0.2, 0) is 9.53 Å². The molecule has 29 heavy (non-hydrogen) atoms. The molecule has 2 heterocycles.